The summed E-state index contributed by atoms with van der Waals surface area (Å²) in [6, 6.07) is 8.29. The highest BCUT2D eigenvalue weighted by Crippen LogP contribution is 2.45. The largest absolute Gasteiger partial charge is 0.490 e. The maximum Gasteiger partial charge on any atom is 0.235 e. The van der Waals surface area contributed by atoms with Crippen molar-refractivity contribution in [1.29, 1.82) is 0 Å². The number of aryl methyl sites for hydroxylation is 1. The lowest BCUT2D eigenvalue weighted by Gasteiger charge is -2.36. The first kappa shape index (κ1) is 21.0. The van der Waals surface area contributed by atoms with Crippen LogP contribution in [0.3, 0.4) is 0 Å². The Labute approximate surface area is 182 Å². The van der Waals surface area contributed by atoms with Gasteiger partial charge in [0.15, 0.2) is 0 Å². The number of aromatic nitrogens is 2. The fourth-order valence-electron chi connectivity index (χ4n) is 4.24. The number of rotatable bonds is 5. The van der Waals surface area contributed by atoms with Crippen LogP contribution < -0.4 is 10.1 Å². The molecule has 1 amide bonds. The zero-order chi connectivity index (χ0) is 21.3. The number of anilines is 1. The lowest BCUT2D eigenvalue weighted by Crippen LogP contribution is -2.36. The van der Waals surface area contributed by atoms with Crippen molar-refractivity contribution >= 4 is 23.5 Å². The van der Waals surface area contributed by atoms with Crippen molar-refractivity contribution in [2.75, 3.05) is 24.3 Å². The molecule has 0 saturated carbocycles. The molecule has 4 rings (SSSR count). The SMILES string of the molecule is C=CCOc1ccc([C@H]2SCC(=O)Nc3c2c(C)nn3[C@H]2CCOC(C)(C)C2)cc1. The van der Waals surface area contributed by atoms with E-state index in [0.29, 0.717) is 19.0 Å². The van der Waals surface area contributed by atoms with Crippen molar-refractivity contribution in [3.05, 3.63) is 53.7 Å². The molecule has 160 valence electrons. The molecule has 2 atom stereocenters. The summed E-state index contributed by atoms with van der Waals surface area (Å²) in [5.74, 6) is 2.07. The summed E-state index contributed by atoms with van der Waals surface area (Å²) in [5, 5.41) is 8.06. The van der Waals surface area contributed by atoms with Gasteiger partial charge in [0.2, 0.25) is 5.91 Å². The van der Waals surface area contributed by atoms with Crippen LogP contribution in [0.4, 0.5) is 5.82 Å². The Hall–Kier alpha value is -2.25. The molecule has 0 aliphatic carbocycles. The molecule has 0 unspecified atom stereocenters. The maximum absolute atomic E-state index is 12.5. The van der Waals surface area contributed by atoms with E-state index in [-0.39, 0.29) is 22.8 Å². The molecular weight excluding hydrogens is 398 g/mol. The number of fused-ring (bicyclic) bond motifs is 1. The van der Waals surface area contributed by atoms with Gasteiger partial charge in [-0.2, -0.15) is 5.10 Å². The molecule has 1 fully saturated rings. The first-order valence-electron chi connectivity index (χ1n) is 10.4. The van der Waals surface area contributed by atoms with Crippen molar-refractivity contribution in [3.8, 4) is 5.75 Å². The normalized spacial score (nSPS) is 23.2. The predicted molar refractivity (Wildman–Crippen MR) is 120 cm³/mol. The molecule has 0 radical (unpaired) electrons. The average Bonchev–Trinajstić information content (AvgIpc) is 2.91. The molecule has 2 aliphatic rings. The number of benzene rings is 1. The van der Waals surface area contributed by atoms with Crippen LogP contribution in [0, 0.1) is 6.92 Å². The van der Waals surface area contributed by atoms with E-state index in [0.717, 1.165) is 41.2 Å². The summed E-state index contributed by atoms with van der Waals surface area (Å²) in [6.45, 7) is 11.1. The summed E-state index contributed by atoms with van der Waals surface area (Å²) in [6.07, 6.45) is 3.48. The number of hydrogen-bond donors (Lipinski definition) is 1. The Morgan fingerprint density at radius 3 is 2.87 bits per heavy atom. The van der Waals surface area contributed by atoms with Crippen LogP contribution in [0.1, 0.15) is 54.8 Å². The summed E-state index contributed by atoms with van der Waals surface area (Å²) >= 11 is 1.64. The molecule has 2 aromatic rings. The van der Waals surface area contributed by atoms with Crippen LogP contribution in [0.5, 0.6) is 5.75 Å². The molecule has 30 heavy (non-hydrogen) atoms. The second-order valence-electron chi connectivity index (χ2n) is 8.45. The van der Waals surface area contributed by atoms with Gasteiger partial charge < -0.3 is 14.8 Å². The molecule has 1 saturated heterocycles. The van der Waals surface area contributed by atoms with Gasteiger partial charge in [-0.1, -0.05) is 24.8 Å². The first-order chi connectivity index (χ1) is 14.4. The van der Waals surface area contributed by atoms with Gasteiger partial charge in [-0.25, -0.2) is 4.68 Å². The van der Waals surface area contributed by atoms with Crippen molar-refractivity contribution < 1.29 is 14.3 Å². The van der Waals surface area contributed by atoms with E-state index >= 15 is 0 Å². The average molecular weight is 428 g/mol. The third-order valence-electron chi connectivity index (χ3n) is 5.60. The van der Waals surface area contributed by atoms with Gasteiger partial charge in [-0.05, 0) is 51.3 Å². The van der Waals surface area contributed by atoms with E-state index in [1.807, 2.05) is 23.7 Å². The number of amides is 1. The summed E-state index contributed by atoms with van der Waals surface area (Å²) in [5.41, 5.74) is 2.99. The van der Waals surface area contributed by atoms with Crippen molar-refractivity contribution in [2.24, 2.45) is 0 Å². The van der Waals surface area contributed by atoms with Crippen LogP contribution in [0.15, 0.2) is 36.9 Å². The van der Waals surface area contributed by atoms with E-state index in [2.05, 4.69) is 37.9 Å². The Morgan fingerprint density at radius 1 is 1.40 bits per heavy atom. The van der Waals surface area contributed by atoms with Gasteiger partial charge in [0.1, 0.15) is 18.2 Å². The Morgan fingerprint density at radius 2 is 2.17 bits per heavy atom. The Kier molecular flexibility index (Phi) is 5.93. The molecule has 1 aromatic carbocycles. The molecule has 2 aliphatic heterocycles. The third-order valence-corrected chi connectivity index (χ3v) is 6.87. The molecular formula is C23H29N3O3S. The van der Waals surface area contributed by atoms with Crippen LogP contribution >= 0.6 is 11.8 Å². The number of ether oxygens (including phenoxy) is 2. The van der Waals surface area contributed by atoms with E-state index in [1.54, 1.807) is 17.8 Å². The molecule has 0 spiro atoms. The van der Waals surface area contributed by atoms with Gasteiger partial charge in [-0.15, -0.1) is 11.8 Å². The van der Waals surface area contributed by atoms with Crippen molar-refractivity contribution in [3.63, 3.8) is 0 Å². The van der Waals surface area contributed by atoms with Crippen LogP contribution in [-0.2, 0) is 9.53 Å². The van der Waals surface area contributed by atoms with E-state index in [9.17, 15) is 4.79 Å². The number of carbonyl (C=O) groups excluding carboxylic acids is 1. The quantitative estimate of drug-likeness (QED) is 0.703. The van der Waals surface area contributed by atoms with E-state index in [1.165, 1.54) is 0 Å². The summed E-state index contributed by atoms with van der Waals surface area (Å²) in [4.78, 5) is 12.5. The van der Waals surface area contributed by atoms with Gasteiger partial charge in [-0.3, -0.25) is 4.79 Å². The predicted octanol–water partition coefficient (Wildman–Crippen LogP) is 4.66. The van der Waals surface area contributed by atoms with Gasteiger partial charge in [0, 0.05) is 12.2 Å². The van der Waals surface area contributed by atoms with Crippen molar-refractivity contribution in [2.45, 2.75) is 50.5 Å². The first-order valence-corrected chi connectivity index (χ1v) is 11.4. The number of nitrogens with zero attached hydrogens (tertiary/aromatic N) is 2. The molecule has 7 heteroatoms. The topological polar surface area (TPSA) is 65.4 Å². The minimum absolute atomic E-state index is 0.0159. The molecule has 3 heterocycles. The van der Waals surface area contributed by atoms with Crippen LogP contribution in [-0.4, -0.2) is 40.3 Å². The molecule has 6 nitrogen and oxygen atoms in total. The number of nitrogens with one attached hydrogen (secondary N) is 1. The number of hydrogen-bond acceptors (Lipinski definition) is 5. The zero-order valence-corrected chi connectivity index (χ0v) is 18.6. The van der Waals surface area contributed by atoms with Crippen LogP contribution in [0.2, 0.25) is 0 Å². The molecule has 0 bridgehead atoms. The fraction of sp³-hybridized carbons (Fsp3) is 0.478. The van der Waals surface area contributed by atoms with Gasteiger partial charge >= 0.3 is 0 Å². The van der Waals surface area contributed by atoms with Crippen LogP contribution in [0.25, 0.3) is 0 Å². The minimum Gasteiger partial charge on any atom is -0.490 e. The summed E-state index contributed by atoms with van der Waals surface area (Å²) < 4.78 is 13.5. The highest BCUT2D eigenvalue weighted by Gasteiger charge is 2.36. The molecule has 1 aromatic heterocycles. The minimum atomic E-state index is -0.195. The maximum atomic E-state index is 12.5. The highest BCUT2D eigenvalue weighted by molar-refractivity contribution is 8.00. The smallest absolute Gasteiger partial charge is 0.235 e. The fourth-order valence-corrected chi connectivity index (χ4v) is 5.43. The third kappa shape index (κ3) is 4.27. The standard InChI is InChI=1S/C23H29N3O3S/c1-5-11-28-18-8-6-16(7-9-18)21-20-15(2)25-26(22(20)24-19(27)14-30-21)17-10-12-29-23(3,4)13-17/h5-9,17,21H,1,10-14H2,2-4H3,(H,24,27)/t17-,21+/m0/s1. The number of carbonyl (C=O) groups is 1. The lowest BCUT2D eigenvalue weighted by molar-refractivity contribution is -0.113. The van der Waals surface area contributed by atoms with Gasteiger partial charge in [0.25, 0.3) is 0 Å². The Bertz CT molecular complexity index is 936. The second kappa shape index (κ2) is 8.47. The van der Waals surface area contributed by atoms with E-state index in [4.69, 9.17) is 14.6 Å². The van der Waals surface area contributed by atoms with Gasteiger partial charge in [0.05, 0.1) is 28.3 Å². The highest BCUT2D eigenvalue weighted by atomic mass is 32.2. The van der Waals surface area contributed by atoms with E-state index < -0.39 is 0 Å². The molecule has 1 N–H and O–H groups in total. The van der Waals surface area contributed by atoms with Crippen molar-refractivity contribution in [1.82, 2.24) is 9.78 Å². The lowest BCUT2D eigenvalue weighted by atomic mass is 9.94. The summed E-state index contributed by atoms with van der Waals surface area (Å²) in [7, 11) is 0. The number of thioether (sulfide) groups is 1. The zero-order valence-electron chi connectivity index (χ0n) is 17.8. The Balaban J connectivity index is 1.70. The monoisotopic (exact) mass is 427 g/mol. The second-order valence-corrected chi connectivity index (χ2v) is 9.55.